The van der Waals surface area contributed by atoms with Gasteiger partial charge in [0.2, 0.25) is 10.0 Å². The van der Waals surface area contributed by atoms with E-state index in [1.807, 2.05) is 0 Å². The molecule has 0 saturated carbocycles. The molecule has 1 aromatic rings. The van der Waals surface area contributed by atoms with Gasteiger partial charge in [0, 0.05) is 25.3 Å². The van der Waals surface area contributed by atoms with E-state index >= 15 is 0 Å². The van der Waals surface area contributed by atoms with Gasteiger partial charge in [-0.2, -0.15) is 0 Å². The summed E-state index contributed by atoms with van der Waals surface area (Å²) in [6.45, 7) is 1.83. The van der Waals surface area contributed by atoms with Crippen LogP contribution in [0.25, 0.3) is 0 Å². The lowest BCUT2D eigenvalue weighted by atomic mass is 10.0. The summed E-state index contributed by atoms with van der Waals surface area (Å²) >= 11 is 4.86. The monoisotopic (exact) mass is 314 g/mol. The number of nitrogens with two attached hydrogens (primary N) is 1. The standard InChI is InChI=1S/C13H18N2O3S2/c14-13(19)11-2-1-3-12(8-11)20(16,17)15-9-10-4-6-18-7-5-10/h1-3,8,10,15H,4-7,9H2,(H2,14,19). The Hall–Kier alpha value is -1.02. The van der Waals surface area contributed by atoms with E-state index in [2.05, 4.69) is 4.72 Å². The number of rotatable bonds is 5. The van der Waals surface area contributed by atoms with Gasteiger partial charge in [-0.05, 0) is 30.9 Å². The summed E-state index contributed by atoms with van der Waals surface area (Å²) in [4.78, 5) is 0.376. The fourth-order valence-electron chi connectivity index (χ4n) is 2.08. The maximum Gasteiger partial charge on any atom is 0.240 e. The van der Waals surface area contributed by atoms with E-state index in [4.69, 9.17) is 22.7 Å². The Morgan fingerprint density at radius 1 is 1.40 bits per heavy atom. The highest BCUT2D eigenvalue weighted by Crippen LogP contribution is 2.16. The number of nitrogens with one attached hydrogen (secondary N) is 1. The molecule has 1 aromatic carbocycles. The van der Waals surface area contributed by atoms with Crippen LogP contribution in [0.4, 0.5) is 0 Å². The molecule has 0 bridgehead atoms. The van der Waals surface area contributed by atoms with Crippen molar-refractivity contribution in [2.24, 2.45) is 11.7 Å². The minimum absolute atomic E-state index is 0.187. The van der Waals surface area contributed by atoms with Crippen LogP contribution in [0.1, 0.15) is 18.4 Å². The van der Waals surface area contributed by atoms with Crippen LogP contribution >= 0.6 is 12.2 Å². The number of thiocarbonyl (C=S) groups is 1. The van der Waals surface area contributed by atoms with Gasteiger partial charge in [0.1, 0.15) is 4.99 Å². The molecule has 0 atom stereocenters. The number of ether oxygens (including phenoxy) is 1. The van der Waals surface area contributed by atoms with E-state index in [-0.39, 0.29) is 9.88 Å². The average molecular weight is 314 g/mol. The second-order valence-corrected chi connectivity index (χ2v) is 7.01. The minimum Gasteiger partial charge on any atom is -0.389 e. The van der Waals surface area contributed by atoms with E-state index in [0.717, 1.165) is 12.8 Å². The molecule has 2 rings (SSSR count). The van der Waals surface area contributed by atoms with Gasteiger partial charge < -0.3 is 10.5 Å². The van der Waals surface area contributed by atoms with E-state index in [1.54, 1.807) is 12.1 Å². The van der Waals surface area contributed by atoms with Gasteiger partial charge >= 0.3 is 0 Å². The molecule has 1 aliphatic rings. The third-order valence-electron chi connectivity index (χ3n) is 3.33. The summed E-state index contributed by atoms with van der Waals surface area (Å²) < 4.78 is 32.3. The highest BCUT2D eigenvalue weighted by Gasteiger charge is 2.19. The Morgan fingerprint density at radius 2 is 2.10 bits per heavy atom. The second kappa shape index (κ2) is 6.62. The van der Waals surface area contributed by atoms with Gasteiger partial charge in [0.15, 0.2) is 0 Å². The van der Waals surface area contributed by atoms with E-state index in [1.165, 1.54) is 12.1 Å². The SMILES string of the molecule is NC(=S)c1cccc(S(=O)(=O)NCC2CCOCC2)c1. The zero-order valence-electron chi connectivity index (χ0n) is 11.0. The Kier molecular flexibility index (Phi) is 5.09. The highest BCUT2D eigenvalue weighted by atomic mass is 32.2. The van der Waals surface area contributed by atoms with Crippen molar-refractivity contribution < 1.29 is 13.2 Å². The van der Waals surface area contributed by atoms with E-state index < -0.39 is 10.0 Å². The molecule has 0 spiro atoms. The van der Waals surface area contributed by atoms with Crippen molar-refractivity contribution in [1.82, 2.24) is 4.72 Å². The van der Waals surface area contributed by atoms with Crippen molar-refractivity contribution >= 4 is 27.2 Å². The zero-order chi connectivity index (χ0) is 14.6. The van der Waals surface area contributed by atoms with Crippen LogP contribution in [0, 0.1) is 5.92 Å². The lowest BCUT2D eigenvalue weighted by Crippen LogP contribution is -2.32. The van der Waals surface area contributed by atoms with E-state index in [0.29, 0.717) is 31.2 Å². The molecule has 1 heterocycles. The molecule has 0 aliphatic carbocycles. The largest absolute Gasteiger partial charge is 0.389 e. The van der Waals surface area contributed by atoms with Crippen LogP contribution in [0.2, 0.25) is 0 Å². The quantitative estimate of drug-likeness (QED) is 0.793. The van der Waals surface area contributed by atoms with Crippen LogP contribution in [0.15, 0.2) is 29.2 Å². The normalized spacial score (nSPS) is 17.0. The molecule has 20 heavy (non-hydrogen) atoms. The van der Waals surface area contributed by atoms with Crippen LogP contribution in [0.3, 0.4) is 0 Å². The first-order valence-corrected chi connectivity index (χ1v) is 8.35. The van der Waals surface area contributed by atoms with Gasteiger partial charge in [-0.3, -0.25) is 0 Å². The van der Waals surface area contributed by atoms with Crippen molar-refractivity contribution in [3.05, 3.63) is 29.8 Å². The molecular formula is C13H18N2O3S2. The van der Waals surface area contributed by atoms with Crippen LogP contribution in [0.5, 0.6) is 0 Å². The zero-order valence-corrected chi connectivity index (χ0v) is 12.7. The summed E-state index contributed by atoms with van der Waals surface area (Å²) in [5.74, 6) is 0.331. The highest BCUT2D eigenvalue weighted by molar-refractivity contribution is 7.89. The number of benzene rings is 1. The van der Waals surface area contributed by atoms with Crippen molar-refractivity contribution in [3.63, 3.8) is 0 Å². The fraction of sp³-hybridized carbons (Fsp3) is 0.462. The van der Waals surface area contributed by atoms with Crippen molar-refractivity contribution in [2.45, 2.75) is 17.7 Å². The van der Waals surface area contributed by atoms with Gasteiger partial charge in [-0.1, -0.05) is 24.4 Å². The molecule has 0 amide bonds. The topological polar surface area (TPSA) is 81.4 Å². The lowest BCUT2D eigenvalue weighted by molar-refractivity contribution is 0.0678. The lowest BCUT2D eigenvalue weighted by Gasteiger charge is -2.22. The molecular weight excluding hydrogens is 296 g/mol. The predicted molar refractivity (Wildman–Crippen MR) is 81.1 cm³/mol. The number of hydrogen-bond acceptors (Lipinski definition) is 4. The first-order chi connectivity index (χ1) is 9.49. The molecule has 0 aromatic heterocycles. The molecule has 3 N–H and O–H groups in total. The Bertz CT molecular complexity index is 581. The summed E-state index contributed by atoms with van der Waals surface area (Å²) in [5.41, 5.74) is 6.07. The first kappa shape index (κ1) is 15.4. The Morgan fingerprint density at radius 3 is 2.75 bits per heavy atom. The predicted octanol–water partition coefficient (Wildman–Crippen LogP) is 1.03. The molecule has 1 saturated heterocycles. The molecule has 1 aliphatic heterocycles. The Labute approximate surface area is 124 Å². The molecule has 0 radical (unpaired) electrons. The maximum atomic E-state index is 12.2. The smallest absolute Gasteiger partial charge is 0.240 e. The molecule has 5 nitrogen and oxygen atoms in total. The van der Waals surface area contributed by atoms with Crippen LogP contribution in [-0.4, -0.2) is 33.2 Å². The molecule has 7 heteroatoms. The van der Waals surface area contributed by atoms with Crippen molar-refractivity contribution in [1.29, 1.82) is 0 Å². The van der Waals surface area contributed by atoms with Gasteiger partial charge in [0.05, 0.1) is 4.90 Å². The minimum atomic E-state index is -3.52. The number of hydrogen-bond donors (Lipinski definition) is 2. The van der Waals surface area contributed by atoms with Crippen molar-refractivity contribution in [2.75, 3.05) is 19.8 Å². The fourth-order valence-corrected chi connectivity index (χ4v) is 3.37. The average Bonchev–Trinajstić information content (AvgIpc) is 2.46. The second-order valence-electron chi connectivity index (χ2n) is 4.80. The van der Waals surface area contributed by atoms with Gasteiger partial charge in [-0.15, -0.1) is 0 Å². The molecule has 1 fully saturated rings. The van der Waals surface area contributed by atoms with Crippen LogP contribution in [-0.2, 0) is 14.8 Å². The van der Waals surface area contributed by atoms with E-state index in [9.17, 15) is 8.42 Å². The van der Waals surface area contributed by atoms with Crippen molar-refractivity contribution in [3.8, 4) is 0 Å². The van der Waals surface area contributed by atoms with Crippen LogP contribution < -0.4 is 10.5 Å². The third kappa shape index (κ3) is 3.99. The van der Waals surface area contributed by atoms with Gasteiger partial charge in [-0.25, -0.2) is 13.1 Å². The third-order valence-corrected chi connectivity index (χ3v) is 4.99. The Balaban J connectivity index is 2.05. The molecule has 110 valence electrons. The summed E-state index contributed by atoms with van der Waals surface area (Å²) in [6.07, 6.45) is 1.77. The first-order valence-electron chi connectivity index (χ1n) is 6.46. The van der Waals surface area contributed by atoms with Gasteiger partial charge in [0.25, 0.3) is 0 Å². The molecule has 0 unspecified atom stereocenters. The number of sulfonamides is 1. The summed E-state index contributed by atoms with van der Waals surface area (Å²) in [7, 11) is -3.52. The maximum absolute atomic E-state index is 12.2. The summed E-state index contributed by atoms with van der Waals surface area (Å²) in [5, 5.41) is 0. The summed E-state index contributed by atoms with van der Waals surface area (Å²) in [6, 6.07) is 6.36.